The average molecular weight is 1160 g/mol. The second-order valence-electron chi connectivity index (χ2n) is 26.0. The molecule has 0 saturated carbocycles. The van der Waals surface area contributed by atoms with Crippen LogP contribution in [0.25, 0.3) is 111 Å². The van der Waals surface area contributed by atoms with Crippen molar-refractivity contribution in [1.29, 1.82) is 0 Å². The highest BCUT2D eigenvalue weighted by molar-refractivity contribution is 6.65. The quantitative estimate of drug-likeness (QED) is 0.135. The van der Waals surface area contributed by atoms with Crippen LogP contribution in [0.3, 0.4) is 0 Å². The van der Waals surface area contributed by atoms with Gasteiger partial charge < -0.3 is 9.31 Å². The highest BCUT2D eigenvalue weighted by atomic mass is 16.7. The van der Waals surface area contributed by atoms with Crippen LogP contribution in [0.4, 0.5) is 0 Å². The van der Waals surface area contributed by atoms with Crippen molar-refractivity contribution in [3.63, 3.8) is 0 Å². The van der Waals surface area contributed by atoms with E-state index in [0.717, 1.165) is 38.7 Å². The van der Waals surface area contributed by atoms with Gasteiger partial charge in [-0.2, -0.15) is 0 Å². The summed E-state index contributed by atoms with van der Waals surface area (Å²) in [5.74, 6) is 1.89. The Kier molecular flexibility index (Phi) is 11.0. The third-order valence-corrected chi connectivity index (χ3v) is 21.2. The summed E-state index contributed by atoms with van der Waals surface area (Å²) < 4.78 is 14.9. The lowest BCUT2D eigenvalue weighted by atomic mass is 9.60. The molecule has 3 unspecified atom stereocenters. The maximum absolute atomic E-state index is 7.54. The van der Waals surface area contributed by atoms with Crippen LogP contribution < -0.4 is 5.46 Å². The van der Waals surface area contributed by atoms with Crippen molar-refractivity contribution < 1.29 is 9.31 Å². The third-order valence-electron chi connectivity index (χ3n) is 21.2. The summed E-state index contributed by atoms with van der Waals surface area (Å²) in [5, 5.41) is 4.76. The Bertz CT molecular complexity index is 5380. The van der Waals surface area contributed by atoms with E-state index in [4.69, 9.17) is 24.3 Å². The molecule has 1 aromatic heterocycles. The van der Waals surface area contributed by atoms with Gasteiger partial charge in [-0.25, -0.2) is 15.0 Å². The summed E-state index contributed by atoms with van der Waals surface area (Å²) in [6.45, 7) is 6.67. The van der Waals surface area contributed by atoms with Gasteiger partial charge in [-0.15, -0.1) is 0 Å². The molecule has 428 valence electrons. The van der Waals surface area contributed by atoms with Gasteiger partial charge in [0.15, 0.2) is 17.5 Å². The SMILES string of the molecule is CC1(C)OB(c2cc3c4c5c(cccc25)-c2ccccc2C4(c2ccccc2)c2ccccc2-3)OC1(C)Cc1ccc(C23c4ccccc4-c4cc(-c5nc(-c6ccccc6)nc(-c6ccc(-c7ccccc7)cc6)n5)c5cccc(c5c42)-c2ccccc23)cc1. The second-order valence-corrected chi connectivity index (χ2v) is 26.0. The molecular weight excluding hydrogens is 1110 g/mol. The van der Waals surface area contributed by atoms with Gasteiger partial charge in [0.05, 0.1) is 22.0 Å². The van der Waals surface area contributed by atoms with E-state index in [2.05, 4.69) is 288 Å². The summed E-state index contributed by atoms with van der Waals surface area (Å²) in [5.41, 5.74) is 25.0. The minimum Gasteiger partial charge on any atom is -0.399 e. The molecule has 5 aliphatic rings. The molecule has 3 atom stereocenters. The van der Waals surface area contributed by atoms with E-state index in [0.29, 0.717) is 23.9 Å². The number of hydrogen-bond donors (Lipinski definition) is 0. The van der Waals surface area contributed by atoms with Crippen molar-refractivity contribution in [1.82, 2.24) is 15.0 Å². The molecule has 0 N–H and O–H groups in total. The molecule has 14 aromatic rings. The van der Waals surface area contributed by atoms with Gasteiger partial charge in [-0.3, -0.25) is 0 Å². The first-order chi connectivity index (χ1) is 44.7. The van der Waals surface area contributed by atoms with Crippen LogP contribution in [0.5, 0.6) is 0 Å². The maximum atomic E-state index is 7.54. The Hall–Kier alpha value is -10.6. The molecule has 0 radical (unpaired) electrons. The Morgan fingerprint density at radius 1 is 0.319 bits per heavy atom. The van der Waals surface area contributed by atoms with Gasteiger partial charge in [0.2, 0.25) is 0 Å². The summed E-state index contributed by atoms with van der Waals surface area (Å²) in [7, 11) is -0.618. The smallest absolute Gasteiger partial charge is 0.399 e. The lowest BCUT2D eigenvalue weighted by Crippen LogP contribution is -2.46. The Morgan fingerprint density at radius 2 is 0.725 bits per heavy atom. The molecule has 1 aliphatic heterocycles. The number of nitrogens with zero attached hydrogens (tertiary/aromatic N) is 3. The monoisotopic (exact) mass is 1160 g/mol. The highest BCUT2D eigenvalue weighted by Crippen LogP contribution is 2.66. The van der Waals surface area contributed by atoms with Gasteiger partial charge in [0.25, 0.3) is 0 Å². The molecule has 4 aliphatic carbocycles. The summed E-state index contributed by atoms with van der Waals surface area (Å²) in [4.78, 5) is 16.0. The van der Waals surface area contributed by atoms with Crippen LogP contribution in [0, 0.1) is 0 Å². The zero-order valence-corrected chi connectivity index (χ0v) is 50.6. The number of aromatic nitrogens is 3. The lowest BCUT2D eigenvalue weighted by molar-refractivity contribution is -0.00877. The van der Waals surface area contributed by atoms with Gasteiger partial charge in [-0.1, -0.05) is 279 Å². The summed E-state index contributed by atoms with van der Waals surface area (Å²) in [6.07, 6.45) is 0.640. The second kappa shape index (κ2) is 19.2. The molecule has 1 fully saturated rings. The Morgan fingerprint density at radius 3 is 1.29 bits per heavy atom. The fourth-order valence-electron chi connectivity index (χ4n) is 16.8. The summed E-state index contributed by atoms with van der Waals surface area (Å²) >= 11 is 0. The molecular formula is C85H58BN3O2. The predicted molar refractivity (Wildman–Crippen MR) is 369 cm³/mol. The van der Waals surface area contributed by atoms with Crippen molar-refractivity contribution in [3.05, 3.63) is 335 Å². The molecule has 13 aromatic carbocycles. The number of benzene rings is 13. The maximum Gasteiger partial charge on any atom is 0.495 e. The number of fused-ring (bicyclic) bond motifs is 12. The van der Waals surface area contributed by atoms with Crippen molar-refractivity contribution in [3.8, 4) is 89.8 Å². The first-order valence-corrected chi connectivity index (χ1v) is 31.8. The van der Waals surface area contributed by atoms with E-state index in [1.165, 1.54) is 111 Å². The lowest BCUT2D eigenvalue weighted by Gasteiger charge is -2.40. The topological polar surface area (TPSA) is 57.1 Å². The standard InChI is InChI=1S/C85H58BN3O2/c1-82(2)83(3,91-86(90-82)74-50-68-62-32-16-20-40-73(62)84(57-27-11-6-12-28-57)70-37-17-14-30-60(70)64-34-22-36-66(74)76(64)78(68)84)51-52-41-47-58(48-42-52)85-71-38-18-13-29-59(71)63-33-21-35-65-69(49-67(77(85)75(63)65)61-31-15-19-39-72(61)85)81-88-79(55-25-9-5-10-26-55)87-80(89-81)56-45-43-54(44-46-56)53-23-7-4-8-24-53/h4-50H,51H2,1-3H3. The molecule has 5 nitrogen and oxygen atoms in total. The molecule has 1 saturated heterocycles. The summed E-state index contributed by atoms with van der Waals surface area (Å²) in [6, 6.07) is 105. The Balaban J connectivity index is 0.730. The third kappa shape index (κ3) is 7.17. The van der Waals surface area contributed by atoms with E-state index >= 15 is 0 Å². The van der Waals surface area contributed by atoms with Crippen LogP contribution in [0.1, 0.15) is 70.8 Å². The van der Waals surface area contributed by atoms with E-state index in [-0.39, 0.29) is 0 Å². The van der Waals surface area contributed by atoms with Crippen molar-refractivity contribution in [2.24, 2.45) is 0 Å². The van der Waals surface area contributed by atoms with E-state index in [1.54, 1.807) is 0 Å². The molecule has 0 amide bonds. The zero-order valence-electron chi connectivity index (χ0n) is 50.6. The molecule has 0 bridgehead atoms. The molecule has 91 heavy (non-hydrogen) atoms. The first-order valence-electron chi connectivity index (χ1n) is 31.8. The number of hydrogen-bond acceptors (Lipinski definition) is 5. The molecule has 6 heteroatoms. The first kappa shape index (κ1) is 52.3. The van der Waals surface area contributed by atoms with Crippen LogP contribution in [-0.2, 0) is 26.6 Å². The zero-order chi connectivity index (χ0) is 60.4. The fraction of sp³-hybridized carbons (Fsp3) is 0.0941. The predicted octanol–water partition coefficient (Wildman–Crippen LogP) is 19.1. The highest BCUT2D eigenvalue weighted by Gasteiger charge is 2.57. The van der Waals surface area contributed by atoms with Crippen molar-refractivity contribution in [2.45, 2.75) is 49.2 Å². The van der Waals surface area contributed by atoms with Gasteiger partial charge in [-0.05, 0) is 160 Å². The van der Waals surface area contributed by atoms with Gasteiger partial charge in [0, 0.05) is 23.1 Å². The van der Waals surface area contributed by atoms with Gasteiger partial charge in [0.1, 0.15) is 0 Å². The van der Waals surface area contributed by atoms with Gasteiger partial charge >= 0.3 is 7.12 Å². The fourth-order valence-corrected chi connectivity index (χ4v) is 16.8. The van der Waals surface area contributed by atoms with Crippen LogP contribution in [0.15, 0.2) is 285 Å². The largest absolute Gasteiger partial charge is 0.495 e. The van der Waals surface area contributed by atoms with Crippen molar-refractivity contribution >= 4 is 34.1 Å². The van der Waals surface area contributed by atoms with Crippen molar-refractivity contribution in [2.75, 3.05) is 0 Å². The molecule has 0 spiro atoms. The molecule has 2 heterocycles. The van der Waals surface area contributed by atoms with E-state index < -0.39 is 29.2 Å². The average Bonchev–Trinajstić information content (AvgIpc) is 1.56. The minimum atomic E-state index is -0.706. The van der Waals surface area contributed by atoms with E-state index in [9.17, 15) is 0 Å². The van der Waals surface area contributed by atoms with Crippen LogP contribution in [0.2, 0.25) is 0 Å². The van der Waals surface area contributed by atoms with Crippen LogP contribution in [-0.4, -0.2) is 33.3 Å². The Labute approximate surface area is 529 Å². The minimum absolute atomic E-state index is 0.489. The van der Waals surface area contributed by atoms with E-state index in [1.807, 2.05) is 18.2 Å². The number of rotatable bonds is 9. The molecule has 19 rings (SSSR count). The van der Waals surface area contributed by atoms with Crippen LogP contribution >= 0.6 is 0 Å². The normalized spacial score (nSPS) is 18.9.